The molecule has 0 radical (unpaired) electrons. The average Bonchev–Trinajstić information content (AvgIpc) is 2.74. The summed E-state index contributed by atoms with van der Waals surface area (Å²) in [7, 11) is 0. The van der Waals surface area contributed by atoms with Crippen LogP contribution in [0.4, 0.5) is 22.0 Å². The van der Waals surface area contributed by atoms with E-state index in [9.17, 15) is 31.5 Å². The van der Waals surface area contributed by atoms with E-state index in [1.54, 1.807) is 0 Å². The van der Waals surface area contributed by atoms with Gasteiger partial charge >= 0.3 is 12.3 Å². The number of hydrogen-bond donors (Lipinski definition) is 0. The van der Waals surface area contributed by atoms with Crippen LogP contribution in [0.5, 0.6) is 0 Å². The van der Waals surface area contributed by atoms with Gasteiger partial charge in [-0.25, -0.2) is 4.98 Å². The summed E-state index contributed by atoms with van der Waals surface area (Å²) < 4.78 is 71.3. The number of benzene rings is 1. The molecule has 1 amide bonds. The number of amides is 1. The highest BCUT2D eigenvalue weighted by molar-refractivity contribution is 9.10. The number of hydrogen-bond acceptors (Lipinski definition) is 4. The number of rotatable bonds is 2. The minimum atomic E-state index is -4.85. The van der Waals surface area contributed by atoms with Crippen molar-refractivity contribution in [1.82, 2.24) is 14.3 Å². The van der Waals surface area contributed by atoms with Crippen molar-refractivity contribution in [2.24, 2.45) is 0 Å². The highest BCUT2D eigenvalue weighted by atomic mass is 79.9. The SMILES string of the molecule is O=C(c1ccc(-c2cccn3c(=O)c(Br)c(C(F)(F)F)nc23)cc1)N1CCOC(F)(F)C1. The third-order valence-electron chi connectivity index (χ3n) is 4.85. The molecule has 0 saturated carbocycles. The topological polar surface area (TPSA) is 63.9 Å². The van der Waals surface area contributed by atoms with E-state index in [2.05, 4.69) is 25.7 Å². The lowest BCUT2D eigenvalue weighted by Gasteiger charge is -2.32. The van der Waals surface area contributed by atoms with Gasteiger partial charge < -0.3 is 9.64 Å². The Balaban J connectivity index is 1.73. The van der Waals surface area contributed by atoms with Gasteiger partial charge in [0.15, 0.2) is 5.69 Å². The van der Waals surface area contributed by atoms with E-state index in [1.165, 1.54) is 42.6 Å². The second kappa shape index (κ2) is 7.93. The summed E-state index contributed by atoms with van der Waals surface area (Å²) in [4.78, 5) is 29.6. The molecule has 168 valence electrons. The lowest BCUT2D eigenvalue weighted by molar-refractivity contribution is -0.263. The number of carbonyl (C=O) groups is 1. The van der Waals surface area contributed by atoms with Crippen LogP contribution in [-0.2, 0) is 10.9 Å². The predicted octanol–water partition coefficient (Wildman–Crippen LogP) is 4.21. The summed E-state index contributed by atoms with van der Waals surface area (Å²) in [5.41, 5.74) is -1.77. The number of morpholine rings is 1. The molecule has 1 aliphatic heterocycles. The van der Waals surface area contributed by atoms with Gasteiger partial charge in [-0.15, -0.1) is 0 Å². The van der Waals surface area contributed by atoms with Gasteiger partial charge in [0.1, 0.15) is 16.7 Å². The van der Waals surface area contributed by atoms with Gasteiger partial charge in [-0.3, -0.25) is 14.0 Å². The summed E-state index contributed by atoms with van der Waals surface area (Å²) in [6, 6.07) is 8.59. The van der Waals surface area contributed by atoms with Crippen LogP contribution in [0.3, 0.4) is 0 Å². The van der Waals surface area contributed by atoms with Crippen LogP contribution in [0.15, 0.2) is 51.9 Å². The zero-order chi connectivity index (χ0) is 23.3. The highest BCUT2D eigenvalue weighted by Crippen LogP contribution is 2.33. The molecule has 0 spiro atoms. The summed E-state index contributed by atoms with van der Waals surface area (Å²) >= 11 is 2.67. The van der Waals surface area contributed by atoms with E-state index in [4.69, 9.17) is 0 Å². The molecule has 0 bridgehead atoms. The molecule has 0 aliphatic carbocycles. The van der Waals surface area contributed by atoms with E-state index in [0.717, 1.165) is 9.30 Å². The Hall–Kier alpha value is -2.86. The average molecular weight is 518 g/mol. The van der Waals surface area contributed by atoms with Crippen molar-refractivity contribution in [1.29, 1.82) is 0 Å². The van der Waals surface area contributed by atoms with Crippen LogP contribution < -0.4 is 5.56 Å². The third kappa shape index (κ3) is 4.11. The van der Waals surface area contributed by atoms with Crippen molar-refractivity contribution >= 4 is 27.5 Å². The molecule has 32 heavy (non-hydrogen) atoms. The first-order chi connectivity index (χ1) is 15.0. The second-order valence-electron chi connectivity index (χ2n) is 6.98. The molecule has 6 nitrogen and oxygen atoms in total. The van der Waals surface area contributed by atoms with Crippen molar-refractivity contribution < 1.29 is 31.5 Å². The fourth-order valence-corrected chi connectivity index (χ4v) is 3.86. The quantitative estimate of drug-likeness (QED) is 0.478. The number of aromatic nitrogens is 2. The van der Waals surface area contributed by atoms with Gasteiger partial charge in [0, 0.05) is 23.9 Å². The monoisotopic (exact) mass is 517 g/mol. The number of nitrogens with zero attached hydrogens (tertiary/aromatic N) is 3. The summed E-state index contributed by atoms with van der Waals surface area (Å²) in [5, 5.41) is 0. The van der Waals surface area contributed by atoms with E-state index in [1.807, 2.05) is 0 Å². The molecule has 1 fully saturated rings. The first kappa shape index (κ1) is 22.3. The van der Waals surface area contributed by atoms with Gasteiger partial charge in [0.05, 0.1) is 6.61 Å². The Bertz CT molecular complexity index is 1260. The molecule has 3 aromatic rings. The predicted molar refractivity (Wildman–Crippen MR) is 106 cm³/mol. The van der Waals surface area contributed by atoms with Crippen molar-refractivity contribution in [3.8, 4) is 11.1 Å². The number of ether oxygens (including phenoxy) is 1. The smallest absolute Gasteiger partial charge is 0.328 e. The molecular weight excluding hydrogens is 505 g/mol. The molecule has 2 aromatic heterocycles. The van der Waals surface area contributed by atoms with Crippen LogP contribution in [0.1, 0.15) is 16.1 Å². The first-order valence-corrected chi connectivity index (χ1v) is 9.97. The lowest BCUT2D eigenvalue weighted by atomic mass is 10.0. The van der Waals surface area contributed by atoms with E-state index in [0.29, 0.717) is 5.56 Å². The van der Waals surface area contributed by atoms with Crippen molar-refractivity contribution in [3.05, 3.63) is 68.7 Å². The zero-order valence-corrected chi connectivity index (χ0v) is 17.6. The van der Waals surface area contributed by atoms with Crippen LogP contribution in [0.25, 0.3) is 16.8 Å². The van der Waals surface area contributed by atoms with Gasteiger partial charge in [-0.05, 0) is 45.8 Å². The number of pyridine rings is 1. The van der Waals surface area contributed by atoms with E-state index >= 15 is 0 Å². The minimum Gasteiger partial charge on any atom is -0.328 e. The Kier molecular flexibility index (Phi) is 5.53. The zero-order valence-electron chi connectivity index (χ0n) is 16.0. The maximum absolute atomic E-state index is 13.4. The van der Waals surface area contributed by atoms with E-state index < -0.39 is 40.5 Å². The van der Waals surface area contributed by atoms with Crippen molar-refractivity contribution in [2.75, 3.05) is 19.7 Å². The standard InChI is InChI=1S/C20H13BrF5N3O3/c21-14-15(20(24,25)26)27-16-13(2-1-7-29(16)18(14)31)11-3-5-12(6-4-11)17(30)28-8-9-32-19(22,23)10-28/h1-7H,8-10H2. The third-order valence-corrected chi connectivity index (χ3v) is 5.56. The fourth-order valence-electron chi connectivity index (χ4n) is 3.35. The van der Waals surface area contributed by atoms with Crippen LogP contribution in [0, 0.1) is 0 Å². The molecule has 0 N–H and O–H groups in total. The van der Waals surface area contributed by atoms with Crippen LogP contribution >= 0.6 is 15.9 Å². The van der Waals surface area contributed by atoms with Gasteiger partial charge in [0.25, 0.3) is 11.5 Å². The maximum Gasteiger partial charge on any atom is 0.434 e. The second-order valence-corrected chi connectivity index (χ2v) is 7.78. The number of alkyl halides is 5. The first-order valence-electron chi connectivity index (χ1n) is 9.17. The molecule has 0 atom stereocenters. The van der Waals surface area contributed by atoms with Crippen LogP contribution in [-0.4, -0.2) is 46.0 Å². The normalized spacial score (nSPS) is 16.4. The Morgan fingerprint density at radius 2 is 1.84 bits per heavy atom. The van der Waals surface area contributed by atoms with Crippen molar-refractivity contribution in [2.45, 2.75) is 12.3 Å². The highest BCUT2D eigenvalue weighted by Gasteiger charge is 2.39. The van der Waals surface area contributed by atoms with E-state index in [-0.39, 0.29) is 29.9 Å². The Morgan fingerprint density at radius 3 is 2.47 bits per heavy atom. The molecule has 1 saturated heterocycles. The molecule has 3 heterocycles. The molecular formula is C20H13BrF5N3O3. The molecule has 12 heteroatoms. The van der Waals surface area contributed by atoms with Gasteiger partial charge in [0.2, 0.25) is 0 Å². The Morgan fingerprint density at radius 1 is 1.16 bits per heavy atom. The molecule has 1 aliphatic rings. The van der Waals surface area contributed by atoms with Gasteiger partial charge in [-0.2, -0.15) is 22.0 Å². The summed E-state index contributed by atoms with van der Waals surface area (Å²) in [6.45, 7) is -1.18. The molecule has 0 unspecified atom stereocenters. The maximum atomic E-state index is 13.4. The molecule has 1 aromatic carbocycles. The fraction of sp³-hybridized carbons (Fsp3) is 0.250. The number of fused-ring (bicyclic) bond motifs is 1. The minimum absolute atomic E-state index is 0.00142. The lowest BCUT2D eigenvalue weighted by Crippen LogP contribution is -2.49. The number of carbonyl (C=O) groups excluding carboxylic acids is 1. The van der Waals surface area contributed by atoms with Crippen LogP contribution in [0.2, 0.25) is 0 Å². The van der Waals surface area contributed by atoms with Crippen molar-refractivity contribution in [3.63, 3.8) is 0 Å². The summed E-state index contributed by atoms with van der Waals surface area (Å²) in [5.74, 6) is -0.630. The number of halogens is 6. The van der Waals surface area contributed by atoms with Gasteiger partial charge in [-0.1, -0.05) is 12.1 Å². The largest absolute Gasteiger partial charge is 0.434 e. The molecule has 4 rings (SSSR count). The Labute approximate surface area is 185 Å². The summed E-state index contributed by atoms with van der Waals surface area (Å²) in [6.07, 6.45) is -6.99.